The van der Waals surface area contributed by atoms with Crippen molar-refractivity contribution in [2.45, 2.75) is 0 Å². The highest BCUT2D eigenvalue weighted by atomic mass is 35.5. The summed E-state index contributed by atoms with van der Waals surface area (Å²) in [6, 6.07) is 7.57. The first-order valence-corrected chi connectivity index (χ1v) is 6.18. The molecular formula is C14H12ClN3O. The molecule has 1 aromatic carbocycles. The molecule has 0 aliphatic rings. The van der Waals surface area contributed by atoms with Crippen molar-refractivity contribution in [3.05, 3.63) is 41.7 Å². The van der Waals surface area contributed by atoms with E-state index in [-0.39, 0.29) is 0 Å². The van der Waals surface area contributed by atoms with E-state index in [0.29, 0.717) is 10.8 Å². The predicted octanol–water partition coefficient (Wildman–Crippen LogP) is 3.30. The largest absolute Gasteiger partial charge is 0.495 e. The van der Waals surface area contributed by atoms with E-state index in [2.05, 4.69) is 9.97 Å². The summed E-state index contributed by atoms with van der Waals surface area (Å²) in [6.07, 6.45) is 3.44. The lowest BCUT2D eigenvalue weighted by molar-refractivity contribution is 0.413. The second kappa shape index (κ2) is 4.55. The first kappa shape index (κ1) is 12.0. The molecule has 0 unspecified atom stereocenters. The molecule has 0 atom stereocenters. The minimum atomic E-state index is 0.700. The summed E-state index contributed by atoms with van der Waals surface area (Å²) in [5, 5.41) is 0.700. The van der Waals surface area contributed by atoms with E-state index < -0.39 is 0 Å². The molecule has 0 bridgehead atoms. The summed E-state index contributed by atoms with van der Waals surface area (Å²) in [7, 11) is 3.58. The Morgan fingerprint density at radius 3 is 2.84 bits per heavy atom. The van der Waals surface area contributed by atoms with Gasteiger partial charge in [0.1, 0.15) is 11.6 Å². The van der Waals surface area contributed by atoms with Crippen LogP contribution in [0.2, 0.25) is 5.02 Å². The first-order valence-electron chi connectivity index (χ1n) is 5.80. The van der Waals surface area contributed by atoms with Crippen LogP contribution < -0.4 is 4.74 Å². The van der Waals surface area contributed by atoms with Crippen molar-refractivity contribution < 1.29 is 4.74 Å². The number of benzene rings is 1. The number of imidazole rings is 1. The monoisotopic (exact) mass is 273 g/mol. The van der Waals surface area contributed by atoms with Gasteiger partial charge in [0.25, 0.3) is 0 Å². The van der Waals surface area contributed by atoms with E-state index in [4.69, 9.17) is 16.3 Å². The predicted molar refractivity (Wildman–Crippen MR) is 75.5 cm³/mol. The smallest absolute Gasteiger partial charge is 0.142 e. The van der Waals surface area contributed by atoms with Crippen molar-refractivity contribution in [1.29, 1.82) is 0 Å². The lowest BCUT2D eigenvalue weighted by Crippen LogP contribution is -1.94. The number of fused-ring (bicyclic) bond motifs is 1. The summed E-state index contributed by atoms with van der Waals surface area (Å²) < 4.78 is 7.19. The van der Waals surface area contributed by atoms with Crippen LogP contribution >= 0.6 is 11.6 Å². The number of hydrogen-bond acceptors (Lipinski definition) is 3. The summed E-state index contributed by atoms with van der Waals surface area (Å²) in [6.45, 7) is 0. The Kier molecular flexibility index (Phi) is 2.87. The first-order chi connectivity index (χ1) is 9.19. The molecule has 0 aliphatic carbocycles. The van der Waals surface area contributed by atoms with Crippen molar-refractivity contribution in [2.24, 2.45) is 7.05 Å². The molecule has 96 valence electrons. The normalized spacial score (nSPS) is 10.9. The highest BCUT2D eigenvalue weighted by Gasteiger charge is 2.11. The molecule has 0 aliphatic heterocycles. The highest BCUT2D eigenvalue weighted by Crippen LogP contribution is 2.26. The second-order valence-corrected chi connectivity index (χ2v) is 4.68. The van der Waals surface area contributed by atoms with Crippen LogP contribution in [0.5, 0.6) is 5.75 Å². The molecule has 0 radical (unpaired) electrons. The number of pyridine rings is 1. The minimum Gasteiger partial charge on any atom is -0.495 e. The van der Waals surface area contributed by atoms with E-state index >= 15 is 0 Å². The van der Waals surface area contributed by atoms with Crippen molar-refractivity contribution in [3.8, 4) is 17.1 Å². The Morgan fingerprint density at radius 1 is 1.21 bits per heavy atom. The van der Waals surface area contributed by atoms with Crippen molar-refractivity contribution in [2.75, 3.05) is 7.11 Å². The van der Waals surface area contributed by atoms with Gasteiger partial charge in [0, 0.05) is 23.8 Å². The number of nitrogens with zero attached hydrogens (tertiary/aromatic N) is 3. The molecule has 2 aromatic heterocycles. The maximum atomic E-state index is 6.02. The van der Waals surface area contributed by atoms with Gasteiger partial charge in [-0.1, -0.05) is 11.6 Å². The molecule has 2 heterocycles. The fraction of sp³-hybridized carbons (Fsp3) is 0.143. The van der Waals surface area contributed by atoms with E-state index in [0.717, 1.165) is 22.4 Å². The molecule has 0 spiro atoms. The quantitative estimate of drug-likeness (QED) is 0.719. The van der Waals surface area contributed by atoms with Crippen molar-refractivity contribution in [3.63, 3.8) is 0 Å². The fourth-order valence-electron chi connectivity index (χ4n) is 2.07. The number of methoxy groups -OCH3 is 1. The molecule has 3 aromatic rings. The standard InChI is InChI=1S/C14H12ClN3O/c1-18-13-6-10(15)3-4-12(13)17-14(18)9-5-11(19-2)8-16-7-9/h3-8H,1-2H3. The molecule has 0 fully saturated rings. The third kappa shape index (κ3) is 2.04. The Hall–Kier alpha value is -2.07. The van der Waals surface area contributed by atoms with Crippen LogP contribution in [0, 0.1) is 0 Å². The third-order valence-electron chi connectivity index (χ3n) is 3.05. The van der Waals surface area contributed by atoms with Gasteiger partial charge >= 0.3 is 0 Å². The maximum Gasteiger partial charge on any atom is 0.142 e. The summed E-state index contributed by atoms with van der Waals surface area (Å²) in [5.74, 6) is 1.55. The third-order valence-corrected chi connectivity index (χ3v) is 3.29. The van der Waals surface area contributed by atoms with Crippen LogP contribution in [0.1, 0.15) is 0 Å². The molecule has 0 saturated heterocycles. The number of aryl methyl sites for hydroxylation is 1. The zero-order valence-corrected chi connectivity index (χ0v) is 11.3. The van der Waals surface area contributed by atoms with Gasteiger partial charge in [0.05, 0.1) is 24.3 Å². The van der Waals surface area contributed by atoms with Gasteiger partial charge < -0.3 is 9.30 Å². The maximum absolute atomic E-state index is 6.02. The summed E-state index contributed by atoms with van der Waals surface area (Å²) in [4.78, 5) is 8.76. The molecule has 0 saturated carbocycles. The number of rotatable bonds is 2. The summed E-state index contributed by atoms with van der Waals surface area (Å²) in [5.41, 5.74) is 2.81. The Labute approximate surface area is 115 Å². The zero-order chi connectivity index (χ0) is 13.4. The Balaban J connectivity index is 2.21. The van der Waals surface area contributed by atoms with Gasteiger partial charge in [-0.15, -0.1) is 0 Å². The van der Waals surface area contributed by atoms with E-state index in [9.17, 15) is 0 Å². The van der Waals surface area contributed by atoms with E-state index in [1.807, 2.05) is 35.9 Å². The van der Waals surface area contributed by atoms with Gasteiger partial charge in [-0.05, 0) is 24.3 Å². The number of ether oxygens (including phenoxy) is 1. The van der Waals surface area contributed by atoms with Crippen LogP contribution in [0.25, 0.3) is 22.4 Å². The number of aromatic nitrogens is 3. The van der Waals surface area contributed by atoms with Crippen molar-refractivity contribution >= 4 is 22.6 Å². The molecule has 5 heteroatoms. The molecule has 0 N–H and O–H groups in total. The molecule has 3 rings (SSSR count). The minimum absolute atomic E-state index is 0.700. The average molecular weight is 274 g/mol. The highest BCUT2D eigenvalue weighted by molar-refractivity contribution is 6.31. The number of halogens is 1. The summed E-state index contributed by atoms with van der Waals surface area (Å²) >= 11 is 6.02. The average Bonchev–Trinajstić information content (AvgIpc) is 2.76. The molecule has 19 heavy (non-hydrogen) atoms. The molecule has 0 amide bonds. The van der Waals surface area contributed by atoms with Crippen LogP contribution in [0.3, 0.4) is 0 Å². The van der Waals surface area contributed by atoms with Gasteiger partial charge in [-0.25, -0.2) is 4.98 Å². The Morgan fingerprint density at radius 2 is 2.05 bits per heavy atom. The lowest BCUT2D eigenvalue weighted by Gasteiger charge is -2.04. The molecule has 4 nitrogen and oxygen atoms in total. The fourth-order valence-corrected chi connectivity index (χ4v) is 2.24. The van der Waals surface area contributed by atoms with Crippen LogP contribution in [0.4, 0.5) is 0 Å². The van der Waals surface area contributed by atoms with E-state index in [1.54, 1.807) is 19.5 Å². The van der Waals surface area contributed by atoms with Crippen LogP contribution in [0.15, 0.2) is 36.7 Å². The van der Waals surface area contributed by atoms with Gasteiger partial charge in [0.15, 0.2) is 0 Å². The zero-order valence-electron chi connectivity index (χ0n) is 10.6. The van der Waals surface area contributed by atoms with Crippen molar-refractivity contribution in [1.82, 2.24) is 14.5 Å². The lowest BCUT2D eigenvalue weighted by atomic mass is 10.2. The molecular weight excluding hydrogens is 262 g/mol. The number of hydrogen-bond donors (Lipinski definition) is 0. The van der Waals surface area contributed by atoms with E-state index in [1.165, 1.54) is 0 Å². The van der Waals surface area contributed by atoms with Crippen LogP contribution in [-0.2, 0) is 7.05 Å². The topological polar surface area (TPSA) is 39.9 Å². The van der Waals surface area contributed by atoms with Gasteiger partial charge in [-0.2, -0.15) is 0 Å². The second-order valence-electron chi connectivity index (χ2n) is 4.24. The van der Waals surface area contributed by atoms with Gasteiger partial charge in [-0.3, -0.25) is 4.98 Å². The van der Waals surface area contributed by atoms with Gasteiger partial charge in [0.2, 0.25) is 0 Å². The van der Waals surface area contributed by atoms with Crippen LogP contribution in [-0.4, -0.2) is 21.6 Å². The Bertz CT molecular complexity index is 752. The SMILES string of the molecule is COc1cncc(-c2nc3ccc(Cl)cc3n2C)c1.